The average molecular weight is 378 g/mol. The van der Waals surface area contributed by atoms with Gasteiger partial charge in [-0.15, -0.1) is 0 Å². The highest BCUT2D eigenvalue weighted by molar-refractivity contribution is 6.07. The van der Waals surface area contributed by atoms with Crippen LogP contribution in [-0.2, 0) is 0 Å². The zero-order valence-corrected chi connectivity index (χ0v) is 15.7. The quantitative estimate of drug-likeness (QED) is 0.736. The molecular weight excluding hydrogens is 355 g/mol. The number of pyridine rings is 2. The Bertz CT molecular complexity index is 971. The smallest absolute Gasteiger partial charge is 0.252 e. The van der Waals surface area contributed by atoms with Gasteiger partial charge in [-0.25, -0.2) is 9.37 Å². The molecule has 0 radical (unpaired) electrons. The van der Waals surface area contributed by atoms with E-state index in [0.29, 0.717) is 28.7 Å². The Labute approximate surface area is 163 Å². The fraction of sp³-hybridized carbons (Fsp3) is 0.318. The van der Waals surface area contributed by atoms with Gasteiger partial charge in [0.25, 0.3) is 5.91 Å². The molecule has 3 aromatic rings. The number of amides is 1. The monoisotopic (exact) mass is 378 g/mol. The largest absolute Gasteiger partial charge is 0.351 e. The van der Waals surface area contributed by atoms with Gasteiger partial charge >= 0.3 is 0 Å². The lowest BCUT2D eigenvalue weighted by atomic mass is 10.0. The highest BCUT2D eigenvalue weighted by Gasteiger charge is 2.16. The van der Waals surface area contributed by atoms with Crippen molar-refractivity contribution < 1.29 is 9.18 Å². The minimum atomic E-state index is -0.381. The second-order valence-corrected chi connectivity index (χ2v) is 7.11. The third-order valence-corrected chi connectivity index (χ3v) is 5.15. The number of hydrogen-bond donors (Lipinski definition) is 1. The van der Waals surface area contributed by atoms with E-state index in [0.717, 1.165) is 25.2 Å². The molecule has 4 rings (SSSR count). The summed E-state index contributed by atoms with van der Waals surface area (Å²) in [5, 5.41) is 3.51. The summed E-state index contributed by atoms with van der Waals surface area (Å²) in [5.41, 5.74) is 2.57. The number of piperidine rings is 1. The van der Waals surface area contributed by atoms with Gasteiger partial charge in [0.05, 0.1) is 16.8 Å². The van der Waals surface area contributed by atoms with Gasteiger partial charge in [-0.2, -0.15) is 0 Å². The standard InChI is InChI=1S/C22H23FN4O/c23-17-4-5-20-18(14-17)19(15-21(26-20)16-6-8-24-9-7-16)22(28)25-10-13-27-11-2-1-3-12-27/h4-9,14-15H,1-3,10-13H2,(H,25,28). The molecule has 1 aliphatic heterocycles. The Morgan fingerprint density at radius 2 is 1.86 bits per heavy atom. The van der Waals surface area contributed by atoms with Crippen molar-refractivity contribution in [2.24, 2.45) is 0 Å². The molecule has 1 N–H and O–H groups in total. The molecule has 0 spiro atoms. The Hall–Kier alpha value is -2.86. The third-order valence-electron chi connectivity index (χ3n) is 5.15. The molecule has 3 heterocycles. The molecule has 1 aromatic carbocycles. The van der Waals surface area contributed by atoms with Crippen LogP contribution in [0.4, 0.5) is 4.39 Å². The van der Waals surface area contributed by atoms with Gasteiger partial charge in [0.2, 0.25) is 0 Å². The van der Waals surface area contributed by atoms with Gasteiger partial charge in [-0.3, -0.25) is 9.78 Å². The fourth-order valence-corrected chi connectivity index (χ4v) is 3.66. The van der Waals surface area contributed by atoms with Crippen molar-refractivity contribution in [1.29, 1.82) is 0 Å². The second-order valence-electron chi connectivity index (χ2n) is 7.11. The van der Waals surface area contributed by atoms with Gasteiger partial charge in [0.1, 0.15) is 5.82 Å². The van der Waals surface area contributed by atoms with E-state index in [-0.39, 0.29) is 11.7 Å². The highest BCUT2D eigenvalue weighted by atomic mass is 19.1. The minimum absolute atomic E-state index is 0.203. The molecule has 5 nitrogen and oxygen atoms in total. The molecule has 0 bridgehead atoms. The molecule has 1 aliphatic rings. The highest BCUT2D eigenvalue weighted by Crippen LogP contribution is 2.25. The molecule has 28 heavy (non-hydrogen) atoms. The van der Waals surface area contributed by atoms with Crippen LogP contribution in [0.2, 0.25) is 0 Å². The van der Waals surface area contributed by atoms with Crippen molar-refractivity contribution in [1.82, 2.24) is 20.2 Å². The lowest BCUT2D eigenvalue weighted by Crippen LogP contribution is -2.37. The summed E-state index contributed by atoms with van der Waals surface area (Å²) in [6.07, 6.45) is 7.10. The number of carbonyl (C=O) groups excluding carboxylic acids is 1. The van der Waals surface area contributed by atoms with Crippen molar-refractivity contribution >= 4 is 16.8 Å². The number of hydrogen-bond acceptors (Lipinski definition) is 4. The predicted molar refractivity (Wildman–Crippen MR) is 108 cm³/mol. The van der Waals surface area contributed by atoms with Gasteiger partial charge in [-0.1, -0.05) is 6.42 Å². The maximum Gasteiger partial charge on any atom is 0.252 e. The van der Waals surface area contributed by atoms with Crippen molar-refractivity contribution in [3.8, 4) is 11.3 Å². The van der Waals surface area contributed by atoms with E-state index in [1.807, 2.05) is 12.1 Å². The molecule has 2 aromatic heterocycles. The molecule has 0 aliphatic carbocycles. The van der Waals surface area contributed by atoms with E-state index in [9.17, 15) is 9.18 Å². The Morgan fingerprint density at radius 3 is 2.64 bits per heavy atom. The van der Waals surface area contributed by atoms with E-state index in [4.69, 9.17) is 0 Å². The maximum absolute atomic E-state index is 13.8. The van der Waals surface area contributed by atoms with Crippen molar-refractivity contribution in [3.05, 3.63) is 60.2 Å². The summed E-state index contributed by atoms with van der Waals surface area (Å²) in [6.45, 7) is 3.58. The third kappa shape index (κ3) is 4.17. The number of carbonyl (C=O) groups is 1. The maximum atomic E-state index is 13.8. The van der Waals surface area contributed by atoms with Crippen LogP contribution in [0.5, 0.6) is 0 Å². The number of aromatic nitrogens is 2. The molecule has 1 saturated heterocycles. The van der Waals surface area contributed by atoms with Gasteiger partial charge in [-0.05, 0) is 62.3 Å². The fourth-order valence-electron chi connectivity index (χ4n) is 3.66. The molecule has 1 amide bonds. The summed E-state index contributed by atoms with van der Waals surface area (Å²) < 4.78 is 13.8. The van der Waals surface area contributed by atoms with Gasteiger partial charge in [0, 0.05) is 36.4 Å². The van der Waals surface area contributed by atoms with Crippen molar-refractivity contribution in [2.75, 3.05) is 26.2 Å². The summed E-state index contributed by atoms with van der Waals surface area (Å²) >= 11 is 0. The molecule has 0 atom stereocenters. The average Bonchev–Trinajstić information content (AvgIpc) is 2.74. The van der Waals surface area contributed by atoms with Crippen LogP contribution in [0, 0.1) is 5.82 Å². The van der Waals surface area contributed by atoms with Crippen molar-refractivity contribution in [2.45, 2.75) is 19.3 Å². The SMILES string of the molecule is O=C(NCCN1CCCCC1)c1cc(-c2ccncc2)nc2ccc(F)cc12. The first-order valence-electron chi connectivity index (χ1n) is 9.72. The van der Waals surface area contributed by atoms with Crippen LogP contribution in [0.15, 0.2) is 48.8 Å². The molecule has 0 saturated carbocycles. The summed E-state index contributed by atoms with van der Waals surface area (Å²) in [6, 6.07) is 9.76. The summed E-state index contributed by atoms with van der Waals surface area (Å²) in [5.74, 6) is -0.585. The summed E-state index contributed by atoms with van der Waals surface area (Å²) in [4.78, 5) is 23.9. The van der Waals surface area contributed by atoms with Crippen LogP contribution >= 0.6 is 0 Å². The van der Waals surface area contributed by atoms with Crippen LogP contribution in [0.3, 0.4) is 0 Å². The molecule has 1 fully saturated rings. The number of nitrogens with zero attached hydrogens (tertiary/aromatic N) is 3. The number of halogens is 1. The van der Waals surface area contributed by atoms with E-state index in [2.05, 4.69) is 20.2 Å². The molecule has 0 unspecified atom stereocenters. The number of likely N-dealkylation sites (tertiary alicyclic amines) is 1. The Morgan fingerprint density at radius 1 is 1.07 bits per heavy atom. The van der Waals surface area contributed by atoms with Crippen LogP contribution in [0.1, 0.15) is 29.6 Å². The first kappa shape index (κ1) is 18.5. The first-order chi connectivity index (χ1) is 13.7. The van der Waals surface area contributed by atoms with Gasteiger partial charge in [0.15, 0.2) is 0 Å². The Kier molecular flexibility index (Phi) is 5.58. The van der Waals surface area contributed by atoms with E-state index >= 15 is 0 Å². The van der Waals surface area contributed by atoms with Crippen LogP contribution in [-0.4, -0.2) is 47.0 Å². The Balaban J connectivity index is 1.60. The molecule has 144 valence electrons. The molecule has 6 heteroatoms. The normalized spacial score (nSPS) is 14.9. The number of fused-ring (bicyclic) bond motifs is 1. The molecular formula is C22H23FN4O. The van der Waals surface area contributed by atoms with Gasteiger partial charge < -0.3 is 10.2 Å². The van der Waals surface area contributed by atoms with Crippen LogP contribution in [0.25, 0.3) is 22.2 Å². The van der Waals surface area contributed by atoms with E-state index in [1.165, 1.54) is 31.4 Å². The lowest BCUT2D eigenvalue weighted by molar-refractivity contribution is 0.0948. The number of nitrogens with one attached hydrogen (secondary N) is 1. The number of benzene rings is 1. The zero-order valence-electron chi connectivity index (χ0n) is 15.7. The topological polar surface area (TPSA) is 58.1 Å². The first-order valence-corrected chi connectivity index (χ1v) is 9.72. The zero-order chi connectivity index (χ0) is 19.3. The van der Waals surface area contributed by atoms with E-state index < -0.39 is 0 Å². The minimum Gasteiger partial charge on any atom is -0.351 e. The second kappa shape index (κ2) is 8.44. The lowest BCUT2D eigenvalue weighted by Gasteiger charge is -2.26. The predicted octanol–water partition coefficient (Wildman–Crippen LogP) is 3.65. The summed E-state index contributed by atoms with van der Waals surface area (Å²) in [7, 11) is 0. The van der Waals surface area contributed by atoms with Crippen LogP contribution < -0.4 is 5.32 Å². The van der Waals surface area contributed by atoms with E-state index in [1.54, 1.807) is 24.5 Å². The van der Waals surface area contributed by atoms with Crippen molar-refractivity contribution in [3.63, 3.8) is 0 Å². The number of rotatable bonds is 5.